The van der Waals surface area contributed by atoms with Gasteiger partial charge in [-0.25, -0.2) is 4.79 Å². The van der Waals surface area contributed by atoms with Gasteiger partial charge in [0.1, 0.15) is 5.75 Å². The fourth-order valence-corrected chi connectivity index (χ4v) is 1.82. The Morgan fingerprint density at radius 3 is 2.55 bits per heavy atom. The highest BCUT2D eigenvalue weighted by atomic mass is 16.5. The molecule has 2 aromatic heterocycles. The minimum absolute atomic E-state index is 0.0629. The predicted octanol–water partition coefficient (Wildman–Crippen LogP) is 1.50. The second-order valence-electron chi connectivity index (χ2n) is 4.05. The number of hydrogen-bond donors (Lipinski definition) is 1. The maximum Gasteiger partial charge on any atom is 0.356 e. The van der Waals surface area contributed by atoms with E-state index < -0.39 is 5.97 Å². The number of ether oxygens (including phenoxy) is 1. The first-order valence-electron chi connectivity index (χ1n) is 5.79. The fraction of sp³-hybridized carbons (Fsp3) is 0.0769. The molecule has 3 rings (SSSR count). The van der Waals surface area contributed by atoms with Gasteiger partial charge in [0.15, 0.2) is 17.2 Å². The van der Waals surface area contributed by atoms with E-state index in [0.29, 0.717) is 11.5 Å². The van der Waals surface area contributed by atoms with Crippen molar-refractivity contribution >= 4 is 11.6 Å². The Kier molecular flexibility index (Phi) is 2.79. The Morgan fingerprint density at radius 2 is 1.90 bits per heavy atom. The number of fused-ring (bicyclic) bond motifs is 1. The van der Waals surface area contributed by atoms with E-state index in [0.717, 1.165) is 11.3 Å². The second-order valence-corrected chi connectivity index (χ2v) is 4.05. The van der Waals surface area contributed by atoms with Crippen LogP contribution >= 0.6 is 0 Å². The second kappa shape index (κ2) is 4.61. The van der Waals surface area contributed by atoms with E-state index in [9.17, 15) is 4.79 Å². The molecule has 20 heavy (non-hydrogen) atoms. The van der Waals surface area contributed by atoms with Gasteiger partial charge in [0, 0.05) is 5.56 Å². The summed E-state index contributed by atoms with van der Waals surface area (Å²) in [6.45, 7) is 0. The summed E-state index contributed by atoms with van der Waals surface area (Å²) in [5.74, 6) is 0.105. The smallest absolute Gasteiger partial charge is 0.356 e. The standard InChI is InChI=1S/C13H10N4O3/c1-20-9-4-2-8(3-5-9)12-15-14-11-7-6-10(13(18)19)16-17(11)12/h2-7H,1H3,(H,18,19). The maximum absolute atomic E-state index is 11.0. The summed E-state index contributed by atoms with van der Waals surface area (Å²) in [7, 11) is 1.59. The number of aromatic nitrogens is 4. The lowest BCUT2D eigenvalue weighted by atomic mass is 10.2. The highest BCUT2D eigenvalue weighted by Gasteiger charge is 2.12. The number of nitrogens with zero attached hydrogens (tertiary/aromatic N) is 4. The van der Waals surface area contributed by atoms with Crippen LogP contribution in [0.4, 0.5) is 0 Å². The molecular formula is C13H10N4O3. The van der Waals surface area contributed by atoms with Crippen molar-refractivity contribution in [2.45, 2.75) is 0 Å². The third-order valence-corrected chi connectivity index (χ3v) is 2.83. The summed E-state index contributed by atoms with van der Waals surface area (Å²) < 4.78 is 6.50. The molecule has 3 aromatic rings. The Labute approximate surface area is 113 Å². The van der Waals surface area contributed by atoms with Crippen LogP contribution in [0.15, 0.2) is 36.4 Å². The van der Waals surface area contributed by atoms with Gasteiger partial charge in [0.25, 0.3) is 0 Å². The van der Waals surface area contributed by atoms with Crippen LogP contribution in [0.2, 0.25) is 0 Å². The first-order valence-corrected chi connectivity index (χ1v) is 5.79. The molecule has 0 aliphatic rings. The lowest BCUT2D eigenvalue weighted by Gasteiger charge is -2.02. The quantitative estimate of drug-likeness (QED) is 0.775. The number of benzene rings is 1. The van der Waals surface area contributed by atoms with Crippen molar-refractivity contribution in [1.29, 1.82) is 0 Å². The van der Waals surface area contributed by atoms with Crippen molar-refractivity contribution in [1.82, 2.24) is 19.8 Å². The summed E-state index contributed by atoms with van der Waals surface area (Å²) in [6.07, 6.45) is 0. The van der Waals surface area contributed by atoms with Gasteiger partial charge in [-0.2, -0.15) is 9.61 Å². The van der Waals surface area contributed by atoms with Crippen LogP contribution in [0.5, 0.6) is 5.75 Å². The van der Waals surface area contributed by atoms with Crippen molar-refractivity contribution in [2.75, 3.05) is 7.11 Å². The Morgan fingerprint density at radius 1 is 1.15 bits per heavy atom. The summed E-state index contributed by atoms with van der Waals surface area (Å²) in [5.41, 5.74) is 1.20. The first kappa shape index (κ1) is 12.1. The zero-order valence-corrected chi connectivity index (χ0v) is 10.5. The third kappa shape index (κ3) is 1.95. The molecule has 7 heteroatoms. The largest absolute Gasteiger partial charge is 0.497 e. The van der Waals surface area contributed by atoms with E-state index in [1.54, 1.807) is 25.3 Å². The van der Waals surface area contributed by atoms with E-state index in [1.165, 1.54) is 10.6 Å². The highest BCUT2D eigenvalue weighted by molar-refractivity contribution is 5.85. The SMILES string of the molecule is COc1ccc(-c2nnc3ccc(C(=O)O)nn23)cc1. The van der Waals surface area contributed by atoms with Gasteiger partial charge in [-0.1, -0.05) is 0 Å². The number of aromatic carboxylic acids is 1. The molecule has 1 aromatic carbocycles. The normalized spacial score (nSPS) is 10.7. The van der Waals surface area contributed by atoms with Gasteiger partial charge < -0.3 is 9.84 Å². The number of hydrogen-bond acceptors (Lipinski definition) is 5. The number of carboxylic acids is 1. The molecule has 1 N–H and O–H groups in total. The minimum Gasteiger partial charge on any atom is -0.497 e. The van der Waals surface area contributed by atoms with Gasteiger partial charge in [-0.05, 0) is 36.4 Å². The Balaban J connectivity index is 2.14. The molecule has 0 spiro atoms. The van der Waals surface area contributed by atoms with Gasteiger partial charge in [-0.3, -0.25) is 0 Å². The number of carboxylic acid groups (broad SMARTS) is 1. The molecule has 0 fully saturated rings. The summed E-state index contributed by atoms with van der Waals surface area (Å²) in [6, 6.07) is 10.2. The Hall–Kier alpha value is -2.96. The predicted molar refractivity (Wildman–Crippen MR) is 69.7 cm³/mol. The summed E-state index contributed by atoms with van der Waals surface area (Å²) in [5, 5.41) is 21.0. The van der Waals surface area contributed by atoms with Crippen LogP contribution in [0.25, 0.3) is 17.0 Å². The molecule has 7 nitrogen and oxygen atoms in total. The van der Waals surface area contributed by atoms with Gasteiger partial charge in [0.05, 0.1) is 7.11 Å². The van der Waals surface area contributed by atoms with Crippen molar-refractivity contribution < 1.29 is 14.6 Å². The van der Waals surface area contributed by atoms with E-state index in [2.05, 4.69) is 15.3 Å². The fourth-order valence-electron chi connectivity index (χ4n) is 1.82. The van der Waals surface area contributed by atoms with E-state index in [-0.39, 0.29) is 5.69 Å². The third-order valence-electron chi connectivity index (χ3n) is 2.83. The molecule has 0 atom stereocenters. The minimum atomic E-state index is -1.10. The molecule has 0 radical (unpaired) electrons. The Bertz CT molecular complexity index is 780. The number of methoxy groups -OCH3 is 1. The molecule has 0 aliphatic heterocycles. The molecule has 0 bridgehead atoms. The highest BCUT2D eigenvalue weighted by Crippen LogP contribution is 2.20. The van der Waals surface area contributed by atoms with Crippen molar-refractivity contribution in [3.63, 3.8) is 0 Å². The molecule has 2 heterocycles. The molecule has 0 saturated carbocycles. The van der Waals surface area contributed by atoms with Crippen molar-refractivity contribution in [2.24, 2.45) is 0 Å². The molecule has 0 saturated heterocycles. The van der Waals surface area contributed by atoms with Crippen LogP contribution in [-0.4, -0.2) is 38.0 Å². The number of rotatable bonds is 3. The van der Waals surface area contributed by atoms with Crippen LogP contribution < -0.4 is 4.74 Å². The summed E-state index contributed by atoms with van der Waals surface area (Å²) >= 11 is 0. The van der Waals surface area contributed by atoms with Gasteiger partial charge >= 0.3 is 5.97 Å². The van der Waals surface area contributed by atoms with Crippen LogP contribution in [0.3, 0.4) is 0 Å². The maximum atomic E-state index is 11.0. The van der Waals surface area contributed by atoms with Crippen LogP contribution in [-0.2, 0) is 0 Å². The van der Waals surface area contributed by atoms with E-state index >= 15 is 0 Å². The van der Waals surface area contributed by atoms with Gasteiger partial charge in [0.2, 0.25) is 0 Å². The van der Waals surface area contributed by atoms with Crippen molar-refractivity contribution in [3.8, 4) is 17.1 Å². The molecular weight excluding hydrogens is 260 g/mol. The molecule has 0 amide bonds. The average molecular weight is 270 g/mol. The lowest BCUT2D eigenvalue weighted by Crippen LogP contribution is -2.05. The monoisotopic (exact) mass is 270 g/mol. The van der Waals surface area contributed by atoms with Gasteiger partial charge in [-0.15, -0.1) is 10.2 Å². The first-order chi connectivity index (χ1) is 9.69. The van der Waals surface area contributed by atoms with E-state index in [1.807, 2.05) is 12.1 Å². The van der Waals surface area contributed by atoms with Crippen LogP contribution in [0, 0.1) is 0 Å². The molecule has 0 aliphatic carbocycles. The van der Waals surface area contributed by atoms with Crippen LogP contribution in [0.1, 0.15) is 10.5 Å². The molecule has 0 unspecified atom stereocenters. The van der Waals surface area contributed by atoms with E-state index in [4.69, 9.17) is 9.84 Å². The lowest BCUT2D eigenvalue weighted by molar-refractivity contribution is 0.0689. The number of carbonyl (C=O) groups is 1. The topological polar surface area (TPSA) is 89.6 Å². The van der Waals surface area contributed by atoms with Crippen molar-refractivity contribution in [3.05, 3.63) is 42.1 Å². The molecule has 100 valence electrons. The summed E-state index contributed by atoms with van der Waals surface area (Å²) in [4.78, 5) is 11.0. The zero-order valence-electron chi connectivity index (χ0n) is 10.5. The average Bonchev–Trinajstić information content (AvgIpc) is 2.90. The zero-order chi connectivity index (χ0) is 14.1.